The lowest BCUT2D eigenvalue weighted by molar-refractivity contribution is -0.112. The van der Waals surface area contributed by atoms with E-state index >= 15 is 0 Å². The number of benzene rings is 3. The van der Waals surface area contributed by atoms with E-state index in [4.69, 9.17) is 10.9 Å². The summed E-state index contributed by atoms with van der Waals surface area (Å²) in [5.41, 5.74) is 7.96. The van der Waals surface area contributed by atoms with Gasteiger partial charge in [-0.3, -0.25) is 4.79 Å². The van der Waals surface area contributed by atoms with Crippen molar-refractivity contribution >= 4 is 38.7 Å². The summed E-state index contributed by atoms with van der Waals surface area (Å²) in [5.74, 6) is -0.651. The molecule has 0 saturated carbocycles. The topological polar surface area (TPSA) is 142 Å². The Labute approximate surface area is 180 Å². The summed E-state index contributed by atoms with van der Waals surface area (Å²) in [6.45, 7) is 0. The smallest absolute Gasteiger partial charge is 0.267 e. The van der Waals surface area contributed by atoms with Crippen molar-refractivity contribution in [1.82, 2.24) is 0 Å². The summed E-state index contributed by atoms with van der Waals surface area (Å²) in [6.07, 6.45) is 1.43. The molecule has 0 unspecified atom stereocenters. The fourth-order valence-electron chi connectivity index (χ4n) is 2.72. The molecule has 3 aromatic rings. The van der Waals surface area contributed by atoms with Crippen molar-refractivity contribution in [2.24, 2.45) is 5.14 Å². The number of hydrogen-bond acceptors (Lipinski definition) is 6. The lowest BCUT2D eigenvalue weighted by atomic mass is 10.2. The number of nitrogens with two attached hydrogens (primary N) is 2. The number of primary sulfonamides is 1. The van der Waals surface area contributed by atoms with E-state index in [1.807, 2.05) is 36.4 Å². The van der Waals surface area contributed by atoms with Gasteiger partial charge < -0.3 is 16.0 Å². The summed E-state index contributed by atoms with van der Waals surface area (Å²) in [6, 6.07) is 23.4. The normalized spacial score (nSPS) is 11.4. The molecule has 5 N–H and O–H groups in total. The Morgan fingerprint density at radius 1 is 0.935 bits per heavy atom. The molecule has 3 rings (SSSR count). The molecule has 3 aromatic carbocycles. The van der Waals surface area contributed by atoms with Crippen LogP contribution in [0.2, 0.25) is 0 Å². The largest absolute Gasteiger partial charge is 0.399 e. The Morgan fingerprint density at radius 3 is 2.06 bits per heavy atom. The van der Waals surface area contributed by atoms with Gasteiger partial charge in [-0.15, -0.1) is 0 Å². The number of anilines is 4. The highest BCUT2D eigenvalue weighted by Gasteiger charge is 2.15. The van der Waals surface area contributed by atoms with Gasteiger partial charge in [-0.25, -0.2) is 13.6 Å². The van der Waals surface area contributed by atoms with Gasteiger partial charge in [-0.1, -0.05) is 18.2 Å². The highest BCUT2D eigenvalue weighted by atomic mass is 32.2. The number of carbonyl (C=O) groups is 1. The minimum absolute atomic E-state index is 0.0832. The number of nitrogen functional groups attached to an aromatic ring is 1. The van der Waals surface area contributed by atoms with Crippen LogP contribution in [0, 0.1) is 11.3 Å². The maximum absolute atomic E-state index is 12.7. The first kappa shape index (κ1) is 21.6. The average Bonchev–Trinajstić information content (AvgIpc) is 2.76. The van der Waals surface area contributed by atoms with Gasteiger partial charge in [-0.05, 0) is 60.7 Å². The number of carbonyl (C=O) groups excluding carboxylic acids is 1. The van der Waals surface area contributed by atoms with Crippen LogP contribution in [0.3, 0.4) is 0 Å². The molecule has 0 radical (unpaired) electrons. The molecule has 31 heavy (non-hydrogen) atoms. The maximum atomic E-state index is 12.7. The molecule has 0 spiro atoms. The van der Waals surface area contributed by atoms with E-state index in [1.54, 1.807) is 29.2 Å². The molecule has 8 nitrogen and oxygen atoms in total. The molecule has 0 atom stereocenters. The molecular weight excluding hydrogens is 414 g/mol. The molecule has 1 amide bonds. The van der Waals surface area contributed by atoms with Crippen molar-refractivity contribution in [3.05, 3.63) is 90.6 Å². The van der Waals surface area contributed by atoms with Crippen LogP contribution in [0.15, 0.2) is 95.5 Å². The van der Waals surface area contributed by atoms with Gasteiger partial charge in [0, 0.05) is 28.9 Å². The van der Waals surface area contributed by atoms with E-state index in [0.717, 1.165) is 5.69 Å². The van der Waals surface area contributed by atoms with E-state index in [-0.39, 0.29) is 10.5 Å². The standard InChI is InChI=1S/C22H19N5O3S/c23-14-16(22(28)26-18-8-12-21(13-9-18)31(25,29)30)15-27(19-4-2-1-3-5-19)20-10-6-17(24)7-11-20/h1-13,15H,24H2,(H,26,28)(H2,25,29,30)/b16-15-. The predicted molar refractivity (Wildman–Crippen MR) is 120 cm³/mol. The van der Waals surface area contributed by atoms with Crippen LogP contribution in [0.5, 0.6) is 0 Å². The molecule has 0 heterocycles. The molecule has 0 bridgehead atoms. The molecule has 0 fully saturated rings. The van der Waals surface area contributed by atoms with E-state index in [9.17, 15) is 18.5 Å². The van der Waals surface area contributed by atoms with Gasteiger partial charge in [0.05, 0.1) is 4.90 Å². The van der Waals surface area contributed by atoms with Gasteiger partial charge in [0.1, 0.15) is 11.6 Å². The fourth-order valence-corrected chi connectivity index (χ4v) is 3.23. The summed E-state index contributed by atoms with van der Waals surface area (Å²) in [5, 5.41) is 17.2. The van der Waals surface area contributed by atoms with Crippen LogP contribution in [0.4, 0.5) is 22.7 Å². The second-order valence-corrected chi connectivity index (χ2v) is 8.04. The van der Waals surface area contributed by atoms with Crippen molar-refractivity contribution in [3.8, 4) is 6.07 Å². The molecule has 9 heteroatoms. The first-order valence-corrected chi connectivity index (χ1v) is 10.6. The predicted octanol–water partition coefficient (Wildman–Crippen LogP) is 3.10. The van der Waals surface area contributed by atoms with E-state index < -0.39 is 15.9 Å². The quantitative estimate of drug-likeness (QED) is 0.310. The van der Waals surface area contributed by atoms with Gasteiger partial charge >= 0.3 is 0 Å². The summed E-state index contributed by atoms with van der Waals surface area (Å²) in [7, 11) is -3.84. The second kappa shape index (κ2) is 9.13. The summed E-state index contributed by atoms with van der Waals surface area (Å²) < 4.78 is 22.7. The zero-order valence-corrected chi connectivity index (χ0v) is 17.1. The Bertz CT molecular complexity index is 1250. The van der Waals surface area contributed by atoms with Crippen LogP contribution in [-0.2, 0) is 14.8 Å². The lowest BCUT2D eigenvalue weighted by Crippen LogP contribution is -2.18. The molecule has 156 valence electrons. The Hall–Kier alpha value is -4.13. The summed E-state index contributed by atoms with van der Waals surface area (Å²) >= 11 is 0. The van der Waals surface area contributed by atoms with E-state index in [0.29, 0.717) is 17.1 Å². The molecular formula is C22H19N5O3S. The zero-order chi connectivity index (χ0) is 22.4. The van der Waals surface area contributed by atoms with E-state index in [2.05, 4.69) is 5.32 Å². The monoisotopic (exact) mass is 433 g/mol. The van der Waals surface area contributed by atoms with Gasteiger partial charge in [0.25, 0.3) is 5.91 Å². The number of amides is 1. The van der Waals surface area contributed by atoms with E-state index in [1.165, 1.54) is 30.5 Å². The Kier molecular flexibility index (Phi) is 6.35. The average molecular weight is 433 g/mol. The van der Waals surface area contributed by atoms with Gasteiger partial charge in [0.15, 0.2) is 0 Å². The second-order valence-electron chi connectivity index (χ2n) is 6.48. The molecule has 0 aromatic heterocycles. The first-order valence-electron chi connectivity index (χ1n) is 9.04. The van der Waals surface area contributed by atoms with Crippen molar-refractivity contribution in [1.29, 1.82) is 5.26 Å². The third-order valence-electron chi connectivity index (χ3n) is 4.27. The van der Waals surface area contributed by atoms with Gasteiger partial charge in [0.2, 0.25) is 10.0 Å². The molecule has 0 saturated heterocycles. The SMILES string of the molecule is N#C/C(=C/N(c1ccccc1)c1ccc(N)cc1)C(=O)Nc1ccc(S(N)(=O)=O)cc1. The molecule has 0 aliphatic carbocycles. The van der Waals surface area contributed by atoms with Crippen LogP contribution in [0.25, 0.3) is 0 Å². The number of nitriles is 1. The highest BCUT2D eigenvalue weighted by Crippen LogP contribution is 2.27. The van der Waals surface area contributed by atoms with Crippen LogP contribution >= 0.6 is 0 Å². The van der Waals surface area contributed by atoms with Crippen molar-refractivity contribution < 1.29 is 13.2 Å². The minimum Gasteiger partial charge on any atom is -0.399 e. The van der Waals surface area contributed by atoms with Crippen molar-refractivity contribution in [2.75, 3.05) is 16.0 Å². The third-order valence-corrected chi connectivity index (χ3v) is 5.20. The van der Waals surface area contributed by atoms with Crippen LogP contribution < -0.4 is 21.1 Å². The zero-order valence-electron chi connectivity index (χ0n) is 16.3. The molecule has 0 aliphatic rings. The lowest BCUT2D eigenvalue weighted by Gasteiger charge is -2.21. The highest BCUT2D eigenvalue weighted by molar-refractivity contribution is 7.89. The van der Waals surface area contributed by atoms with Crippen LogP contribution in [0.1, 0.15) is 0 Å². The number of hydrogen-bond donors (Lipinski definition) is 3. The number of para-hydroxylation sites is 1. The fraction of sp³-hybridized carbons (Fsp3) is 0. The number of nitrogens with zero attached hydrogens (tertiary/aromatic N) is 2. The molecule has 0 aliphatic heterocycles. The Morgan fingerprint density at radius 2 is 1.52 bits per heavy atom. The summed E-state index contributed by atoms with van der Waals surface area (Å²) in [4.78, 5) is 14.3. The number of rotatable bonds is 6. The first-order chi connectivity index (χ1) is 14.8. The minimum atomic E-state index is -3.84. The maximum Gasteiger partial charge on any atom is 0.267 e. The Balaban J connectivity index is 1.91. The van der Waals surface area contributed by atoms with Crippen molar-refractivity contribution in [3.63, 3.8) is 0 Å². The number of nitrogens with one attached hydrogen (secondary N) is 1. The van der Waals surface area contributed by atoms with Crippen LogP contribution in [-0.4, -0.2) is 14.3 Å². The van der Waals surface area contributed by atoms with Gasteiger partial charge in [-0.2, -0.15) is 5.26 Å². The third kappa shape index (κ3) is 5.48. The van der Waals surface area contributed by atoms with Crippen molar-refractivity contribution in [2.45, 2.75) is 4.90 Å². The number of sulfonamides is 1.